The molecule has 0 spiro atoms. The molecule has 1 saturated carbocycles. The monoisotopic (exact) mass is 366 g/mol. The second-order valence-corrected chi connectivity index (χ2v) is 6.96. The molecule has 0 unspecified atom stereocenters. The first-order chi connectivity index (χ1) is 13.0. The number of benzene rings is 1. The van der Waals surface area contributed by atoms with Crippen molar-refractivity contribution in [3.8, 4) is 0 Å². The van der Waals surface area contributed by atoms with Gasteiger partial charge in [-0.05, 0) is 66.1 Å². The number of nitrogens with zero attached hydrogens (tertiary/aromatic N) is 2. The molecule has 2 heterocycles. The van der Waals surface area contributed by atoms with E-state index >= 15 is 0 Å². The number of nitrogens with one attached hydrogen (secondary N) is 1. The van der Waals surface area contributed by atoms with Crippen LogP contribution in [0.4, 0.5) is 26.0 Å². The Balaban J connectivity index is 1.59. The van der Waals surface area contributed by atoms with E-state index in [9.17, 15) is 8.78 Å². The van der Waals surface area contributed by atoms with Gasteiger partial charge in [-0.15, -0.1) is 0 Å². The maximum atomic E-state index is 14.4. The van der Waals surface area contributed by atoms with Crippen LogP contribution in [0.5, 0.6) is 0 Å². The van der Waals surface area contributed by atoms with Crippen molar-refractivity contribution < 1.29 is 8.78 Å². The van der Waals surface area contributed by atoms with Gasteiger partial charge in [0.05, 0.1) is 17.6 Å². The lowest BCUT2D eigenvalue weighted by Gasteiger charge is -2.14. The summed E-state index contributed by atoms with van der Waals surface area (Å²) in [6, 6.07) is 6.92. The lowest BCUT2D eigenvalue weighted by molar-refractivity contribution is 0.613. The smallest absolute Gasteiger partial charge is 0.168 e. The number of halogens is 2. The van der Waals surface area contributed by atoms with E-state index in [-0.39, 0.29) is 11.6 Å². The van der Waals surface area contributed by atoms with Gasteiger partial charge in [-0.3, -0.25) is 4.98 Å². The van der Waals surface area contributed by atoms with E-state index in [1.807, 2.05) is 13.0 Å². The average molecular weight is 366 g/mol. The summed E-state index contributed by atoms with van der Waals surface area (Å²) in [6.45, 7) is 1.90. The number of anilines is 3. The number of aromatic nitrogens is 2. The molecule has 1 aromatic carbocycles. The third-order valence-electron chi connectivity index (χ3n) is 5.01. The Morgan fingerprint density at radius 2 is 1.93 bits per heavy atom. The third-order valence-corrected chi connectivity index (χ3v) is 5.01. The number of pyridine rings is 2. The fraction of sp³-hybridized carbons (Fsp3) is 0.238. The molecule has 1 aliphatic carbocycles. The SMILES string of the molecule is Cc1c(Cc2ccnc(N)c2F)cncc1Nc1ccc(C2CC2)cc1F. The fourth-order valence-electron chi connectivity index (χ4n) is 3.16. The van der Waals surface area contributed by atoms with Crippen LogP contribution in [0.15, 0.2) is 42.9 Å². The maximum absolute atomic E-state index is 14.4. The van der Waals surface area contributed by atoms with Gasteiger partial charge in [-0.2, -0.15) is 0 Å². The highest BCUT2D eigenvalue weighted by molar-refractivity contribution is 5.64. The molecular weight excluding hydrogens is 346 g/mol. The van der Waals surface area contributed by atoms with Gasteiger partial charge in [0.2, 0.25) is 0 Å². The summed E-state index contributed by atoms with van der Waals surface area (Å²) in [6.07, 6.45) is 7.40. The molecule has 0 atom stereocenters. The van der Waals surface area contributed by atoms with E-state index in [0.29, 0.717) is 29.3 Å². The fourth-order valence-corrected chi connectivity index (χ4v) is 3.16. The Bertz CT molecular complexity index is 999. The zero-order valence-electron chi connectivity index (χ0n) is 15.0. The Hall–Kier alpha value is -3.02. The molecule has 6 heteroatoms. The highest BCUT2D eigenvalue weighted by Gasteiger charge is 2.24. The lowest BCUT2D eigenvalue weighted by Crippen LogP contribution is -2.04. The third kappa shape index (κ3) is 3.60. The molecule has 1 aliphatic rings. The van der Waals surface area contributed by atoms with Crippen molar-refractivity contribution in [2.24, 2.45) is 0 Å². The van der Waals surface area contributed by atoms with Gasteiger partial charge in [0.15, 0.2) is 11.6 Å². The number of nitrogens with two attached hydrogens (primary N) is 1. The highest BCUT2D eigenvalue weighted by Crippen LogP contribution is 2.41. The van der Waals surface area contributed by atoms with Gasteiger partial charge >= 0.3 is 0 Å². The van der Waals surface area contributed by atoms with Crippen LogP contribution in [-0.2, 0) is 6.42 Å². The van der Waals surface area contributed by atoms with Crippen molar-refractivity contribution in [3.63, 3.8) is 0 Å². The minimum Gasteiger partial charge on any atom is -0.381 e. The number of hydrogen-bond acceptors (Lipinski definition) is 4. The second kappa shape index (κ2) is 6.95. The number of nitrogen functional groups attached to an aromatic ring is 1. The summed E-state index contributed by atoms with van der Waals surface area (Å²) >= 11 is 0. The predicted molar refractivity (Wildman–Crippen MR) is 102 cm³/mol. The van der Waals surface area contributed by atoms with Gasteiger partial charge < -0.3 is 11.1 Å². The van der Waals surface area contributed by atoms with Gasteiger partial charge in [0, 0.05) is 18.8 Å². The molecule has 4 nitrogen and oxygen atoms in total. The van der Waals surface area contributed by atoms with Gasteiger partial charge in [-0.1, -0.05) is 6.07 Å². The summed E-state index contributed by atoms with van der Waals surface area (Å²) < 4.78 is 28.6. The zero-order chi connectivity index (χ0) is 19.0. The largest absolute Gasteiger partial charge is 0.381 e. The minimum absolute atomic E-state index is 0.120. The first-order valence-electron chi connectivity index (χ1n) is 8.91. The quantitative estimate of drug-likeness (QED) is 0.677. The summed E-state index contributed by atoms with van der Waals surface area (Å²) in [5.41, 5.74) is 9.84. The minimum atomic E-state index is -0.517. The van der Waals surface area contributed by atoms with E-state index in [0.717, 1.165) is 29.5 Å². The van der Waals surface area contributed by atoms with Crippen LogP contribution < -0.4 is 11.1 Å². The molecule has 27 heavy (non-hydrogen) atoms. The lowest BCUT2D eigenvalue weighted by atomic mass is 10.0. The van der Waals surface area contributed by atoms with E-state index in [4.69, 9.17) is 5.73 Å². The molecule has 3 aromatic rings. The van der Waals surface area contributed by atoms with Gasteiger partial charge in [0.1, 0.15) is 5.82 Å². The first-order valence-corrected chi connectivity index (χ1v) is 8.91. The summed E-state index contributed by atoms with van der Waals surface area (Å²) in [5.74, 6) is -0.415. The molecule has 0 aliphatic heterocycles. The zero-order valence-corrected chi connectivity index (χ0v) is 15.0. The van der Waals surface area contributed by atoms with Crippen LogP contribution in [0.25, 0.3) is 0 Å². The molecule has 0 saturated heterocycles. The van der Waals surface area contributed by atoms with Gasteiger partial charge in [-0.25, -0.2) is 13.8 Å². The first kappa shape index (κ1) is 17.4. The van der Waals surface area contributed by atoms with Gasteiger partial charge in [0.25, 0.3) is 0 Å². The molecule has 1 fully saturated rings. The summed E-state index contributed by atoms with van der Waals surface area (Å²) in [4.78, 5) is 7.96. The van der Waals surface area contributed by atoms with Crippen molar-refractivity contribution in [2.75, 3.05) is 11.1 Å². The normalized spacial score (nSPS) is 13.6. The molecule has 138 valence electrons. The summed E-state index contributed by atoms with van der Waals surface area (Å²) in [5, 5.41) is 3.11. The van der Waals surface area contributed by atoms with E-state index in [2.05, 4.69) is 15.3 Å². The molecule has 4 rings (SSSR count). The number of hydrogen-bond donors (Lipinski definition) is 2. The highest BCUT2D eigenvalue weighted by atomic mass is 19.1. The van der Waals surface area contributed by atoms with Crippen LogP contribution in [0.1, 0.15) is 41.0 Å². The van der Waals surface area contributed by atoms with Crippen molar-refractivity contribution in [3.05, 3.63) is 76.7 Å². The number of rotatable bonds is 5. The van der Waals surface area contributed by atoms with Crippen molar-refractivity contribution in [2.45, 2.75) is 32.1 Å². The average Bonchev–Trinajstić information content (AvgIpc) is 3.49. The van der Waals surface area contributed by atoms with Crippen molar-refractivity contribution >= 4 is 17.2 Å². The van der Waals surface area contributed by atoms with Crippen LogP contribution in [0.2, 0.25) is 0 Å². The molecule has 0 radical (unpaired) electrons. The van der Waals surface area contributed by atoms with E-state index in [1.54, 1.807) is 30.6 Å². The molecular formula is C21H20F2N4. The Kier molecular flexibility index (Phi) is 4.48. The second-order valence-electron chi connectivity index (χ2n) is 6.96. The molecule has 2 aromatic heterocycles. The predicted octanol–water partition coefficient (Wildman–Crippen LogP) is 4.86. The molecule has 0 bridgehead atoms. The Morgan fingerprint density at radius 1 is 1.11 bits per heavy atom. The maximum Gasteiger partial charge on any atom is 0.168 e. The summed E-state index contributed by atoms with van der Waals surface area (Å²) in [7, 11) is 0. The van der Waals surface area contributed by atoms with Crippen molar-refractivity contribution in [1.29, 1.82) is 0 Å². The molecule has 0 amide bonds. The Morgan fingerprint density at radius 3 is 2.67 bits per heavy atom. The standard InChI is InChI=1S/C21H20F2N4/c1-12-16(8-15-6-7-26-21(24)20(15)23)10-25-11-19(12)27-18-5-4-14(9-17(18)22)13-2-3-13/h4-7,9-11,13,27H,2-3,8H2,1H3,(H2,24,26). The van der Waals surface area contributed by atoms with Crippen molar-refractivity contribution in [1.82, 2.24) is 9.97 Å². The van der Waals surface area contributed by atoms with Crippen LogP contribution in [-0.4, -0.2) is 9.97 Å². The molecule has 3 N–H and O–H groups in total. The van der Waals surface area contributed by atoms with E-state index < -0.39 is 5.82 Å². The Labute approximate surface area is 156 Å². The van der Waals surface area contributed by atoms with Crippen LogP contribution in [0, 0.1) is 18.6 Å². The van der Waals surface area contributed by atoms with Crippen LogP contribution in [0.3, 0.4) is 0 Å². The van der Waals surface area contributed by atoms with Crippen LogP contribution >= 0.6 is 0 Å². The topological polar surface area (TPSA) is 63.8 Å². The van der Waals surface area contributed by atoms with E-state index in [1.165, 1.54) is 6.20 Å².